The van der Waals surface area contributed by atoms with E-state index in [1.165, 1.54) is 78.2 Å². The fourth-order valence-corrected chi connectivity index (χ4v) is 14.0. The van der Waals surface area contributed by atoms with Crippen molar-refractivity contribution in [2.75, 3.05) is 14.7 Å². The Bertz CT molecular complexity index is 3700. The summed E-state index contributed by atoms with van der Waals surface area (Å²) in [5, 5.41) is 2.26. The third kappa shape index (κ3) is 6.93. The van der Waals surface area contributed by atoms with Gasteiger partial charge in [0.25, 0.3) is 6.71 Å². The Kier molecular flexibility index (Phi) is 9.75. The first kappa shape index (κ1) is 45.9. The SMILES string of the molecule is Cc1cc2c(cc1N1c3cc4c(cc3B3c5ccc(N(c6ccccc6)c6ccccc6)cc5N(c5ccc6c(c5)oc5ccccc56)c5cc(C(C)(C)C)cc1c53)C(C)(C)CCC4(C)C)C(C)(C)CC2(C)C. The molecule has 0 spiro atoms. The summed E-state index contributed by atoms with van der Waals surface area (Å²) in [6.07, 6.45) is 3.43. The molecule has 2 aliphatic carbocycles. The predicted molar refractivity (Wildman–Crippen MR) is 312 cm³/mol. The van der Waals surface area contributed by atoms with Gasteiger partial charge in [0.05, 0.1) is 0 Å². The predicted octanol–water partition coefficient (Wildman–Crippen LogP) is 17.1. The molecule has 3 heterocycles. The molecule has 0 saturated heterocycles. The van der Waals surface area contributed by atoms with Crippen LogP contribution in [0.1, 0.15) is 129 Å². The number of anilines is 9. The van der Waals surface area contributed by atoms with Crippen LogP contribution in [-0.2, 0) is 27.1 Å². The molecule has 0 saturated carbocycles. The van der Waals surface area contributed by atoms with E-state index in [1.807, 2.05) is 0 Å². The molecule has 0 amide bonds. The molecule has 8 aromatic carbocycles. The Morgan fingerprint density at radius 2 is 1.01 bits per heavy atom. The van der Waals surface area contributed by atoms with Crippen molar-refractivity contribution < 1.29 is 4.42 Å². The summed E-state index contributed by atoms with van der Waals surface area (Å²) in [5.74, 6) is 0. The van der Waals surface area contributed by atoms with Crippen LogP contribution in [0, 0.1) is 6.92 Å². The van der Waals surface area contributed by atoms with Crippen LogP contribution in [-0.4, -0.2) is 6.71 Å². The zero-order chi connectivity index (χ0) is 50.7. The van der Waals surface area contributed by atoms with E-state index in [0.29, 0.717) is 0 Å². The average Bonchev–Trinajstić information content (AvgIpc) is 3.82. The van der Waals surface area contributed by atoms with Crippen LogP contribution in [0.25, 0.3) is 21.9 Å². The van der Waals surface area contributed by atoms with Crippen LogP contribution in [0.15, 0.2) is 162 Å². The molecule has 0 unspecified atom stereocenters. The van der Waals surface area contributed by atoms with Crippen LogP contribution in [0.4, 0.5) is 51.2 Å². The molecule has 9 aromatic rings. The second kappa shape index (κ2) is 15.5. The van der Waals surface area contributed by atoms with Gasteiger partial charge in [-0.05, 0) is 182 Å². The number of rotatable bonds is 5. The lowest BCUT2D eigenvalue weighted by molar-refractivity contribution is 0.332. The van der Waals surface area contributed by atoms with Crippen LogP contribution >= 0.6 is 0 Å². The highest BCUT2D eigenvalue weighted by Crippen LogP contribution is 2.55. The van der Waals surface area contributed by atoms with E-state index in [2.05, 4.69) is 256 Å². The molecule has 0 N–H and O–H groups in total. The quantitative estimate of drug-likeness (QED) is 0.160. The van der Waals surface area contributed by atoms with Crippen LogP contribution < -0.4 is 31.1 Å². The molecule has 4 aliphatic rings. The monoisotopic (exact) mass is 954 g/mol. The minimum Gasteiger partial charge on any atom is -0.456 e. The molecule has 73 heavy (non-hydrogen) atoms. The van der Waals surface area contributed by atoms with E-state index in [0.717, 1.165) is 64.0 Å². The molecule has 2 aliphatic heterocycles. The van der Waals surface area contributed by atoms with E-state index in [1.54, 1.807) is 0 Å². The van der Waals surface area contributed by atoms with Crippen molar-refractivity contribution in [3.05, 3.63) is 191 Å². The van der Waals surface area contributed by atoms with Gasteiger partial charge in [-0.1, -0.05) is 149 Å². The first-order valence-corrected chi connectivity index (χ1v) is 26.8. The number of nitrogens with zero attached hydrogens (tertiary/aromatic N) is 3. The zero-order valence-electron chi connectivity index (χ0n) is 45.0. The van der Waals surface area contributed by atoms with Gasteiger partial charge in [0.2, 0.25) is 0 Å². The van der Waals surface area contributed by atoms with Gasteiger partial charge in [0.15, 0.2) is 0 Å². The van der Waals surface area contributed by atoms with E-state index in [4.69, 9.17) is 4.42 Å². The topological polar surface area (TPSA) is 22.9 Å². The van der Waals surface area contributed by atoms with Crippen molar-refractivity contribution in [1.82, 2.24) is 0 Å². The second-order valence-electron chi connectivity index (χ2n) is 25.7. The number of fused-ring (bicyclic) bond motifs is 9. The summed E-state index contributed by atoms with van der Waals surface area (Å²) < 4.78 is 6.74. The molecule has 4 nitrogen and oxygen atoms in total. The Morgan fingerprint density at radius 1 is 0.466 bits per heavy atom. The number of hydrogen-bond donors (Lipinski definition) is 0. The van der Waals surface area contributed by atoms with Crippen LogP contribution in [0.5, 0.6) is 0 Å². The van der Waals surface area contributed by atoms with Crippen molar-refractivity contribution in [3.8, 4) is 0 Å². The fraction of sp³-hybridized carbons (Fsp3) is 0.294. The lowest BCUT2D eigenvalue weighted by Crippen LogP contribution is -2.62. The molecule has 5 heteroatoms. The normalized spacial score (nSPS) is 17.5. The second-order valence-corrected chi connectivity index (χ2v) is 25.7. The minimum absolute atomic E-state index is 0.0181. The molecule has 1 aromatic heterocycles. The maximum atomic E-state index is 6.74. The fourth-order valence-electron chi connectivity index (χ4n) is 14.0. The summed E-state index contributed by atoms with van der Waals surface area (Å²) in [6, 6.07) is 59.9. The van der Waals surface area contributed by atoms with Crippen LogP contribution in [0.2, 0.25) is 0 Å². The van der Waals surface area contributed by atoms with Gasteiger partial charge in [-0.25, -0.2) is 0 Å². The minimum atomic E-state index is -0.165. The molecule has 0 fully saturated rings. The van der Waals surface area contributed by atoms with Gasteiger partial charge in [-0.3, -0.25) is 0 Å². The zero-order valence-corrected chi connectivity index (χ0v) is 45.0. The smallest absolute Gasteiger partial charge is 0.252 e. The van der Waals surface area contributed by atoms with Crippen molar-refractivity contribution in [2.45, 2.75) is 129 Å². The highest BCUT2D eigenvalue weighted by Gasteiger charge is 2.49. The van der Waals surface area contributed by atoms with Crippen LogP contribution in [0.3, 0.4) is 0 Å². The molecule has 364 valence electrons. The third-order valence-corrected chi connectivity index (χ3v) is 17.7. The number of benzene rings is 8. The van der Waals surface area contributed by atoms with Gasteiger partial charge in [-0.2, -0.15) is 0 Å². The number of furan rings is 1. The van der Waals surface area contributed by atoms with Crippen molar-refractivity contribution >= 4 is 96.2 Å². The van der Waals surface area contributed by atoms with Gasteiger partial charge in [0.1, 0.15) is 11.2 Å². The molecule has 13 rings (SSSR count). The van der Waals surface area contributed by atoms with Gasteiger partial charge < -0.3 is 19.1 Å². The van der Waals surface area contributed by atoms with E-state index in [9.17, 15) is 0 Å². The summed E-state index contributed by atoms with van der Waals surface area (Å²) in [7, 11) is 0. The Labute approximate surface area is 433 Å². The lowest BCUT2D eigenvalue weighted by atomic mass is 9.33. The van der Waals surface area contributed by atoms with E-state index < -0.39 is 0 Å². The van der Waals surface area contributed by atoms with Gasteiger partial charge >= 0.3 is 0 Å². The maximum Gasteiger partial charge on any atom is 0.252 e. The number of aryl methyl sites for hydroxylation is 1. The van der Waals surface area contributed by atoms with Crippen molar-refractivity contribution in [3.63, 3.8) is 0 Å². The van der Waals surface area contributed by atoms with Crippen molar-refractivity contribution in [1.29, 1.82) is 0 Å². The molecule has 0 bridgehead atoms. The average molecular weight is 954 g/mol. The summed E-state index contributed by atoms with van der Waals surface area (Å²) in [5.41, 5.74) is 25.0. The number of para-hydroxylation sites is 3. The number of hydrogen-bond acceptors (Lipinski definition) is 4. The molecule has 0 radical (unpaired) electrons. The summed E-state index contributed by atoms with van der Waals surface area (Å²) in [4.78, 5) is 7.71. The Morgan fingerprint density at radius 3 is 1.67 bits per heavy atom. The van der Waals surface area contributed by atoms with E-state index in [-0.39, 0.29) is 33.8 Å². The van der Waals surface area contributed by atoms with Crippen molar-refractivity contribution in [2.24, 2.45) is 0 Å². The first-order chi connectivity index (χ1) is 34.7. The molecule has 0 atom stereocenters. The van der Waals surface area contributed by atoms with E-state index >= 15 is 0 Å². The highest BCUT2D eigenvalue weighted by molar-refractivity contribution is 7.00. The largest absolute Gasteiger partial charge is 0.456 e. The third-order valence-electron chi connectivity index (χ3n) is 17.7. The Balaban J connectivity index is 1.16. The van der Waals surface area contributed by atoms with Gasteiger partial charge in [-0.15, -0.1) is 0 Å². The lowest BCUT2D eigenvalue weighted by Gasteiger charge is -2.48. The molecular formula is C68H68BN3O. The highest BCUT2D eigenvalue weighted by atomic mass is 16.3. The van der Waals surface area contributed by atoms with Gasteiger partial charge in [0, 0.05) is 68.0 Å². The summed E-state index contributed by atoms with van der Waals surface area (Å²) >= 11 is 0. The maximum absolute atomic E-state index is 6.74. The summed E-state index contributed by atoms with van der Waals surface area (Å²) in [6.45, 7) is 29.2. The standard InChI is InChI=1S/C68H68BN3O/c1-42-33-50-53(68(11,12)41-67(50,9)10)39-56(42)72-58-40-52-51(65(5,6)31-32-66(52,7)8)38-55(58)69-54-30-28-46(70(44-21-15-13-16-22-44)45-23-17-14-18-24-45)36-57(54)71(59-34-43(64(2,3)4)35-60(72)63(59)69)47-27-29-49-48-25-19-20-26-61(48)73-62(49)37-47/h13-30,33-40H,31-32,41H2,1-12H3. The Hall–Kier alpha value is -6.98. The molecular weight excluding hydrogens is 886 g/mol. The first-order valence-electron chi connectivity index (χ1n) is 26.8.